The van der Waals surface area contributed by atoms with Crippen molar-refractivity contribution in [2.75, 3.05) is 5.21 Å². The van der Waals surface area contributed by atoms with Gasteiger partial charge in [0.1, 0.15) is 5.21 Å². The van der Waals surface area contributed by atoms with Gasteiger partial charge in [-0.05, 0) is 12.1 Å². The highest BCUT2D eigenvalue weighted by Crippen LogP contribution is 2.00. The van der Waals surface area contributed by atoms with Crippen LogP contribution in [-0.4, -0.2) is 18.2 Å². The third kappa shape index (κ3) is 3.02. The number of hydrogen-bond donors (Lipinski definition) is 1. The van der Waals surface area contributed by atoms with Crippen molar-refractivity contribution in [3.8, 4) is 0 Å². The van der Waals surface area contributed by atoms with E-state index in [1.807, 2.05) is 29.9 Å². The van der Waals surface area contributed by atoms with Gasteiger partial charge in [-0.25, -0.2) is 13.1 Å². The quantitative estimate of drug-likeness (QED) is 0.761. The highest BCUT2D eigenvalue weighted by molar-refractivity contribution is 7.90. The molecule has 0 saturated carbocycles. The van der Waals surface area contributed by atoms with Crippen LogP contribution in [0.2, 0.25) is 0 Å². The molecule has 1 aromatic rings. The van der Waals surface area contributed by atoms with Gasteiger partial charge in [-0.1, -0.05) is 0 Å². The molecule has 0 amide bonds. The minimum Gasteiger partial charge on any atom is -0.353 e. The molecule has 74 valence electrons. The molecule has 0 saturated heterocycles. The zero-order valence-corrected chi connectivity index (χ0v) is 8.77. The minimum absolute atomic E-state index is 0.276. The summed E-state index contributed by atoms with van der Waals surface area (Å²) in [5.74, 6) is 0. The van der Waals surface area contributed by atoms with E-state index in [0.717, 1.165) is 5.69 Å². The normalized spacial score (nSPS) is 11.8. The third-order valence-corrected chi connectivity index (χ3v) is 3.40. The Bertz CT molecular complexity index is 372. The summed E-state index contributed by atoms with van der Waals surface area (Å²) in [5.41, 5.74) is 0.897. The SMILES string of the molecule is Cn1cccc1CNS(=O)(=O)CCl. The molecule has 0 spiro atoms. The van der Waals surface area contributed by atoms with Crippen LogP contribution >= 0.6 is 11.6 Å². The lowest BCUT2D eigenvalue weighted by molar-refractivity contribution is 0.584. The van der Waals surface area contributed by atoms with Crippen molar-refractivity contribution in [3.05, 3.63) is 24.0 Å². The van der Waals surface area contributed by atoms with E-state index >= 15 is 0 Å². The second-order valence-electron chi connectivity index (χ2n) is 2.66. The molecule has 1 N–H and O–H groups in total. The van der Waals surface area contributed by atoms with Gasteiger partial charge in [-0.3, -0.25) is 0 Å². The van der Waals surface area contributed by atoms with E-state index in [9.17, 15) is 8.42 Å². The molecule has 0 bridgehead atoms. The molecule has 0 atom stereocenters. The number of nitrogens with zero attached hydrogens (tertiary/aromatic N) is 1. The summed E-state index contributed by atoms with van der Waals surface area (Å²) in [7, 11) is -1.46. The van der Waals surface area contributed by atoms with Crippen LogP contribution in [0.4, 0.5) is 0 Å². The predicted octanol–water partition coefficient (Wildman–Crippen LogP) is 0.641. The van der Waals surface area contributed by atoms with Crippen LogP contribution in [0.25, 0.3) is 0 Å². The zero-order valence-electron chi connectivity index (χ0n) is 7.20. The molecule has 1 rings (SSSR count). The number of halogens is 1. The van der Waals surface area contributed by atoms with E-state index in [0.29, 0.717) is 0 Å². The van der Waals surface area contributed by atoms with Gasteiger partial charge >= 0.3 is 0 Å². The Morgan fingerprint density at radius 2 is 2.31 bits per heavy atom. The van der Waals surface area contributed by atoms with Gasteiger partial charge in [0, 0.05) is 18.9 Å². The van der Waals surface area contributed by atoms with Crippen LogP contribution in [0.15, 0.2) is 18.3 Å². The maximum atomic E-state index is 11.0. The first-order chi connectivity index (χ1) is 6.05. The molecular formula is C7H11ClN2O2S. The second-order valence-corrected chi connectivity index (χ2v) is 5.05. The van der Waals surface area contributed by atoms with Crippen LogP contribution in [0.5, 0.6) is 0 Å². The van der Waals surface area contributed by atoms with E-state index in [2.05, 4.69) is 4.72 Å². The molecule has 0 aliphatic rings. The lowest BCUT2D eigenvalue weighted by atomic mass is 10.4. The van der Waals surface area contributed by atoms with E-state index in [1.54, 1.807) is 0 Å². The average Bonchev–Trinajstić information content (AvgIpc) is 2.48. The van der Waals surface area contributed by atoms with Crippen molar-refractivity contribution in [1.82, 2.24) is 9.29 Å². The van der Waals surface area contributed by atoms with Gasteiger partial charge < -0.3 is 4.57 Å². The number of sulfonamides is 1. The fraction of sp³-hybridized carbons (Fsp3) is 0.429. The second kappa shape index (κ2) is 4.13. The standard InChI is InChI=1S/C7H11ClN2O2S/c1-10-4-2-3-7(10)5-9-13(11,12)6-8/h2-4,9H,5-6H2,1H3. The summed E-state index contributed by atoms with van der Waals surface area (Å²) >= 11 is 5.22. The van der Waals surface area contributed by atoms with Gasteiger partial charge in [0.2, 0.25) is 10.0 Å². The topological polar surface area (TPSA) is 51.1 Å². The molecule has 6 heteroatoms. The van der Waals surface area contributed by atoms with Crippen LogP contribution in [0.1, 0.15) is 5.69 Å². The minimum atomic E-state index is -3.31. The van der Waals surface area contributed by atoms with E-state index in [1.165, 1.54) is 0 Å². The smallest absolute Gasteiger partial charge is 0.225 e. The summed E-state index contributed by atoms with van der Waals surface area (Å²) in [6, 6.07) is 3.70. The zero-order chi connectivity index (χ0) is 9.90. The Morgan fingerprint density at radius 3 is 2.77 bits per heavy atom. The van der Waals surface area contributed by atoms with E-state index < -0.39 is 15.2 Å². The molecule has 13 heavy (non-hydrogen) atoms. The van der Waals surface area contributed by atoms with Crippen molar-refractivity contribution in [1.29, 1.82) is 0 Å². The molecule has 0 radical (unpaired) electrons. The van der Waals surface area contributed by atoms with Crippen molar-refractivity contribution in [3.63, 3.8) is 0 Å². The van der Waals surface area contributed by atoms with Gasteiger partial charge in [0.05, 0.1) is 6.54 Å². The highest BCUT2D eigenvalue weighted by Gasteiger charge is 2.07. The molecule has 1 heterocycles. The number of aryl methyl sites for hydroxylation is 1. The van der Waals surface area contributed by atoms with Gasteiger partial charge in [0.25, 0.3) is 0 Å². The molecule has 4 nitrogen and oxygen atoms in total. The largest absolute Gasteiger partial charge is 0.353 e. The average molecular weight is 223 g/mol. The molecule has 0 unspecified atom stereocenters. The number of alkyl halides is 1. The molecule has 0 fully saturated rings. The molecule has 0 aliphatic carbocycles. The number of hydrogen-bond acceptors (Lipinski definition) is 2. The first-order valence-electron chi connectivity index (χ1n) is 3.68. The summed E-state index contributed by atoms with van der Waals surface area (Å²) in [4.78, 5) is 0. The Labute approximate surface area is 82.6 Å². The van der Waals surface area contributed by atoms with E-state index in [-0.39, 0.29) is 6.54 Å². The maximum absolute atomic E-state index is 11.0. The van der Waals surface area contributed by atoms with Gasteiger partial charge in [0.15, 0.2) is 0 Å². The fourth-order valence-electron chi connectivity index (χ4n) is 0.903. The predicted molar refractivity (Wildman–Crippen MR) is 51.9 cm³/mol. The number of nitrogens with one attached hydrogen (secondary N) is 1. The third-order valence-electron chi connectivity index (χ3n) is 1.67. The van der Waals surface area contributed by atoms with Crippen LogP contribution in [0.3, 0.4) is 0 Å². The van der Waals surface area contributed by atoms with Crippen LogP contribution in [-0.2, 0) is 23.6 Å². The van der Waals surface area contributed by atoms with E-state index in [4.69, 9.17) is 11.6 Å². The van der Waals surface area contributed by atoms with Crippen molar-refractivity contribution in [2.45, 2.75) is 6.54 Å². The first-order valence-corrected chi connectivity index (χ1v) is 5.87. The summed E-state index contributed by atoms with van der Waals surface area (Å²) < 4.78 is 26.1. The lowest BCUT2D eigenvalue weighted by Gasteiger charge is -2.04. The maximum Gasteiger partial charge on any atom is 0.225 e. The first kappa shape index (κ1) is 10.6. The Kier molecular flexibility index (Phi) is 3.35. The Hall–Kier alpha value is -0.520. The summed E-state index contributed by atoms with van der Waals surface area (Å²) in [6.45, 7) is 0.276. The fourth-order valence-corrected chi connectivity index (χ4v) is 1.58. The molecule has 0 aromatic carbocycles. The summed E-state index contributed by atoms with van der Waals surface area (Å²) in [5, 5.41) is -0.405. The van der Waals surface area contributed by atoms with Crippen LogP contribution < -0.4 is 4.72 Å². The summed E-state index contributed by atoms with van der Waals surface area (Å²) in [6.07, 6.45) is 1.85. The highest BCUT2D eigenvalue weighted by atomic mass is 35.5. The van der Waals surface area contributed by atoms with Gasteiger partial charge in [-0.2, -0.15) is 0 Å². The van der Waals surface area contributed by atoms with Gasteiger partial charge in [-0.15, -0.1) is 11.6 Å². The number of aromatic nitrogens is 1. The monoisotopic (exact) mass is 222 g/mol. The molecule has 0 aliphatic heterocycles. The number of rotatable bonds is 4. The van der Waals surface area contributed by atoms with Crippen molar-refractivity contribution >= 4 is 21.6 Å². The lowest BCUT2D eigenvalue weighted by Crippen LogP contribution is -2.24. The molecule has 1 aromatic heterocycles. The van der Waals surface area contributed by atoms with Crippen LogP contribution in [0, 0.1) is 0 Å². The van der Waals surface area contributed by atoms with Crippen molar-refractivity contribution < 1.29 is 8.42 Å². The van der Waals surface area contributed by atoms with Crippen molar-refractivity contribution in [2.24, 2.45) is 7.05 Å². The molecular weight excluding hydrogens is 212 g/mol. The Balaban J connectivity index is 2.58. The Morgan fingerprint density at radius 1 is 1.62 bits per heavy atom.